The second-order valence-electron chi connectivity index (χ2n) is 3.17. The Morgan fingerprint density at radius 3 is 1.44 bits per heavy atom. The molecule has 0 spiro atoms. The van der Waals surface area contributed by atoms with Crippen LogP contribution in [0.1, 0.15) is 16.7 Å². The molecule has 0 saturated carbocycles. The SMILES string of the molecule is Cc1cc(C(F)(F)F)c(I)c(C(F)(F)F)c1. The average Bonchev–Trinajstić information content (AvgIpc) is 2.04. The topological polar surface area (TPSA) is 0 Å². The lowest BCUT2D eigenvalue weighted by atomic mass is 10.1. The van der Waals surface area contributed by atoms with Gasteiger partial charge in [-0.25, -0.2) is 0 Å². The van der Waals surface area contributed by atoms with Crippen LogP contribution in [0.15, 0.2) is 12.1 Å². The van der Waals surface area contributed by atoms with E-state index < -0.39 is 27.0 Å². The van der Waals surface area contributed by atoms with Crippen LogP contribution >= 0.6 is 22.6 Å². The maximum Gasteiger partial charge on any atom is 0.417 e. The van der Waals surface area contributed by atoms with E-state index in [4.69, 9.17) is 0 Å². The summed E-state index contributed by atoms with van der Waals surface area (Å²) >= 11 is 1.07. The van der Waals surface area contributed by atoms with Gasteiger partial charge in [-0.2, -0.15) is 26.3 Å². The van der Waals surface area contributed by atoms with Crippen molar-refractivity contribution >= 4 is 22.6 Å². The lowest BCUT2D eigenvalue weighted by molar-refractivity contribution is -0.144. The largest absolute Gasteiger partial charge is 0.417 e. The summed E-state index contributed by atoms with van der Waals surface area (Å²) in [6.07, 6.45) is -9.55. The second-order valence-corrected chi connectivity index (χ2v) is 4.25. The molecule has 0 bridgehead atoms. The molecular weight excluding hydrogens is 349 g/mol. The standard InChI is InChI=1S/C9H5F6I/c1-4-2-5(8(10,11)12)7(16)6(3-4)9(13,14)15/h2-3H,1H3. The highest BCUT2D eigenvalue weighted by atomic mass is 127. The molecule has 0 fully saturated rings. The van der Waals surface area contributed by atoms with Gasteiger partial charge in [0.2, 0.25) is 0 Å². The molecule has 0 atom stereocenters. The van der Waals surface area contributed by atoms with Crippen LogP contribution in [-0.4, -0.2) is 0 Å². The van der Waals surface area contributed by atoms with Gasteiger partial charge in [0.25, 0.3) is 0 Å². The number of alkyl halides is 6. The van der Waals surface area contributed by atoms with Crippen LogP contribution in [0.25, 0.3) is 0 Å². The van der Waals surface area contributed by atoms with Gasteiger partial charge in [0.05, 0.1) is 11.1 Å². The molecule has 0 unspecified atom stereocenters. The second kappa shape index (κ2) is 4.08. The molecule has 7 heteroatoms. The van der Waals surface area contributed by atoms with Gasteiger partial charge >= 0.3 is 12.4 Å². The zero-order chi connectivity index (χ0) is 12.7. The zero-order valence-electron chi connectivity index (χ0n) is 7.80. The van der Waals surface area contributed by atoms with Gasteiger partial charge in [0.1, 0.15) is 0 Å². The van der Waals surface area contributed by atoms with E-state index in [-0.39, 0.29) is 5.56 Å². The zero-order valence-corrected chi connectivity index (χ0v) is 9.96. The first-order valence-corrected chi connectivity index (χ1v) is 5.06. The Balaban J connectivity index is 3.51. The van der Waals surface area contributed by atoms with Crippen LogP contribution in [0.2, 0.25) is 0 Å². The lowest BCUT2D eigenvalue weighted by Crippen LogP contribution is -2.15. The third kappa shape index (κ3) is 2.80. The van der Waals surface area contributed by atoms with E-state index in [1.54, 1.807) is 0 Å². The van der Waals surface area contributed by atoms with Crippen LogP contribution in [0.5, 0.6) is 0 Å². The molecule has 0 amide bonds. The summed E-state index contributed by atoms with van der Waals surface area (Å²) in [6.45, 7) is 1.20. The molecule has 1 aromatic carbocycles. The molecule has 0 heterocycles. The summed E-state index contributed by atoms with van der Waals surface area (Å²) in [5.41, 5.74) is -2.57. The molecule has 1 rings (SSSR count). The summed E-state index contributed by atoms with van der Waals surface area (Å²) in [5.74, 6) is 0. The first-order chi connectivity index (χ1) is 7.03. The molecular formula is C9H5F6I. The third-order valence-corrected chi connectivity index (χ3v) is 2.99. The minimum atomic E-state index is -4.78. The molecule has 0 radical (unpaired) electrons. The highest BCUT2D eigenvalue weighted by Crippen LogP contribution is 2.40. The predicted molar refractivity (Wildman–Crippen MR) is 53.9 cm³/mol. The normalized spacial score (nSPS) is 13.0. The number of benzene rings is 1. The summed E-state index contributed by atoms with van der Waals surface area (Å²) in [5, 5.41) is 0. The van der Waals surface area contributed by atoms with Crippen LogP contribution < -0.4 is 0 Å². The number of rotatable bonds is 0. The van der Waals surface area contributed by atoms with Gasteiger partial charge in [-0.3, -0.25) is 0 Å². The van der Waals surface area contributed by atoms with Crippen molar-refractivity contribution in [2.24, 2.45) is 0 Å². The van der Waals surface area contributed by atoms with Crippen LogP contribution in [0.3, 0.4) is 0 Å². The van der Waals surface area contributed by atoms with E-state index in [0.29, 0.717) is 12.1 Å². The number of hydrogen-bond donors (Lipinski definition) is 0. The van der Waals surface area contributed by atoms with Gasteiger partial charge in [0.15, 0.2) is 0 Å². The maximum atomic E-state index is 12.4. The Morgan fingerprint density at radius 1 is 0.875 bits per heavy atom. The van der Waals surface area contributed by atoms with Crippen molar-refractivity contribution in [3.05, 3.63) is 32.4 Å². The average molecular weight is 354 g/mol. The Labute approximate surface area is 101 Å². The van der Waals surface area contributed by atoms with Crippen molar-refractivity contribution in [3.63, 3.8) is 0 Å². The summed E-state index contributed by atoms with van der Waals surface area (Å²) < 4.78 is 73.7. The van der Waals surface area contributed by atoms with E-state index in [9.17, 15) is 26.3 Å². The maximum absolute atomic E-state index is 12.4. The fourth-order valence-corrected chi connectivity index (χ4v) is 2.10. The highest BCUT2D eigenvalue weighted by molar-refractivity contribution is 14.1. The van der Waals surface area contributed by atoms with Gasteiger partial charge < -0.3 is 0 Å². The minimum absolute atomic E-state index is 0.0694. The molecule has 0 nitrogen and oxygen atoms in total. The molecule has 0 saturated heterocycles. The summed E-state index contributed by atoms with van der Waals surface area (Å²) in [6, 6.07) is 1.41. The first kappa shape index (κ1) is 13.6. The van der Waals surface area contributed by atoms with Crippen LogP contribution in [0, 0.1) is 10.5 Å². The van der Waals surface area contributed by atoms with Gasteiger partial charge in [-0.05, 0) is 47.2 Å². The third-order valence-electron chi connectivity index (χ3n) is 1.83. The number of halogens is 7. The Morgan fingerprint density at radius 2 is 1.19 bits per heavy atom. The van der Waals surface area contributed by atoms with E-state index in [2.05, 4.69) is 0 Å². The van der Waals surface area contributed by atoms with Crippen molar-refractivity contribution in [1.29, 1.82) is 0 Å². The quantitative estimate of drug-likeness (QED) is 0.471. The van der Waals surface area contributed by atoms with Crippen molar-refractivity contribution in [2.75, 3.05) is 0 Å². The molecule has 0 aliphatic rings. The monoisotopic (exact) mass is 354 g/mol. The van der Waals surface area contributed by atoms with Gasteiger partial charge in [-0.15, -0.1) is 0 Å². The number of hydrogen-bond acceptors (Lipinski definition) is 0. The van der Waals surface area contributed by atoms with Crippen molar-refractivity contribution in [3.8, 4) is 0 Å². The first-order valence-electron chi connectivity index (χ1n) is 3.98. The number of aryl methyl sites for hydroxylation is 1. The van der Waals surface area contributed by atoms with Crippen LogP contribution in [-0.2, 0) is 12.4 Å². The molecule has 0 N–H and O–H groups in total. The Hall–Kier alpha value is -0.470. The lowest BCUT2D eigenvalue weighted by Gasteiger charge is -2.16. The highest BCUT2D eigenvalue weighted by Gasteiger charge is 2.40. The summed E-state index contributed by atoms with van der Waals surface area (Å²) in [7, 11) is 0. The summed E-state index contributed by atoms with van der Waals surface area (Å²) in [4.78, 5) is 0. The van der Waals surface area contributed by atoms with Gasteiger partial charge in [0, 0.05) is 3.57 Å². The van der Waals surface area contributed by atoms with Crippen LogP contribution in [0.4, 0.5) is 26.3 Å². The Bertz CT molecular complexity index is 368. The van der Waals surface area contributed by atoms with E-state index in [0.717, 1.165) is 22.6 Å². The van der Waals surface area contributed by atoms with Crippen molar-refractivity contribution in [2.45, 2.75) is 19.3 Å². The molecule has 16 heavy (non-hydrogen) atoms. The van der Waals surface area contributed by atoms with E-state index >= 15 is 0 Å². The minimum Gasteiger partial charge on any atom is -0.166 e. The molecule has 0 aromatic heterocycles. The molecule has 0 aliphatic carbocycles. The molecule has 0 aliphatic heterocycles. The van der Waals surface area contributed by atoms with E-state index in [1.807, 2.05) is 0 Å². The van der Waals surface area contributed by atoms with E-state index in [1.165, 1.54) is 6.92 Å². The van der Waals surface area contributed by atoms with Gasteiger partial charge in [-0.1, -0.05) is 0 Å². The van der Waals surface area contributed by atoms with Crippen molar-refractivity contribution < 1.29 is 26.3 Å². The molecule has 1 aromatic rings. The molecule has 90 valence electrons. The van der Waals surface area contributed by atoms with Crippen molar-refractivity contribution in [1.82, 2.24) is 0 Å². The smallest absolute Gasteiger partial charge is 0.166 e. The Kier molecular flexibility index (Phi) is 3.47. The predicted octanol–water partition coefficient (Wildman–Crippen LogP) is 4.64. The fourth-order valence-electron chi connectivity index (χ4n) is 1.18. The fraction of sp³-hybridized carbons (Fsp3) is 0.333.